The Labute approximate surface area is 106 Å². The van der Waals surface area contributed by atoms with Crippen LogP contribution < -0.4 is 5.32 Å². The van der Waals surface area contributed by atoms with Gasteiger partial charge in [0, 0.05) is 5.56 Å². The molecule has 0 bridgehead atoms. The average molecular weight is 290 g/mol. The lowest BCUT2D eigenvalue weighted by atomic mass is 10.1. The summed E-state index contributed by atoms with van der Waals surface area (Å²) in [6.07, 6.45) is 4.73. The number of H-pyrrole nitrogens is 1. The minimum absolute atomic E-state index is 0.767. The van der Waals surface area contributed by atoms with Gasteiger partial charge >= 0.3 is 0 Å². The van der Waals surface area contributed by atoms with Crippen molar-refractivity contribution in [1.82, 2.24) is 15.3 Å². The molecule has 0 atom stereocenters. The van der Waals surface area contributed by atoms with Gasteiger partial charge in [-0.05, 0) is 28.1 Å². The molecular weight excluding hydrogens is 282 g/mol. The van der Waals surface area contributed by atoms with Gasteiger partial charge in [-0.25, -0.2) is 9.98 Å². The van der Waals surface area contributed by atoms with Crippen LogP contribution in [0.1, 0.15) is 0 Å². The zero-order valence-corrected chi connectivity index (χ0v) is 10.3. The van der Waals surface area contributed by atoms with Crippen molar-refractivity contribution in [2.75, 3.05) is 0 Å². The molecule has 0 radical (unpaired) electrons. The second kappa shape index (κ2) is 5.27. The van der Waals surface area contributed by atoms with E-state index in [0.29, 0.717) is 0 Å². The molecule has 2 aromatic rings. The number of imidazole rings is 1. The number of benzene rings is 1. The molecule has 84 valence electrons. The van der Waals surface area contributed by atoms with Crippen LogP contribution in [0.3, 0.4) is 0 Å². The number of halogens is 1. The Kier molecular flexibility index (Phi) is 3.52. The van der Waals surface area contributed by atoms with Crippen molar-refractivity contribution in [3.63, 3.8) is 0 Å². The number of rotatable bonds is 3. The van der Waals surface area contributed by atoms with Gasteiger partial charge in [0.2, 0.25) is 0 Å². The lowest BCUT2D eigenvalue weighted by Gasteiger charge is -1.98. The Hall–Kier alpha value is -2.13. The van der Waals surface area contributed by atoms with Gasteiger partial charge in [-0.3, -0.25) is 5.32 Å². The highest BCUT2D eigenvalue weighted by Crippen LogP contribution is 2.26. The summed E-state index contributed by atoms with van der Waals surface area (Å²) in [5.41, 5.74) is 2.61. The summed E-state index contributed by atoms with van der Waals surface area (Å²) in [6.45, 7) is 0. The molecule has 0 amide bonds. The first-order valence-corrected chi connectivity index (χ1v) is 5.57. The monoisotopic (exact) mass is 289 g/mol. The highest BCUT2D eigenvalue weighted by Gasteiger charge is 2.04. The third kappa shape index (κ3) is 2.71. The predicted molar refractivity (Wildman–Crippen MR) is 68.6 cm³/mol. The van der Waals surface area contributed by atoms with E-state index >= 15 is 0 Å². The van der Waals surface area contributed by atoms with Crippen molar-refractivity contribution in [2.24, 2.45) is 4.99 Å². The largest absolute Gasteiger partial charge is 0.339 e. The third-order valence-electron chi connectivity index (χ3n) is 2.08. The summed E-state index contributed by atoms with van der Waals surface area (Å²) < 4.78 is 0.847. The summed E-state index contributed by atoms with van der Waals surface area (Å²) in [5, 5.41) is 10.6. The molecule has 2 N–H and O–H groups in total. The standard InChI is InChI=1S/C11H8BrN5/c12-11-10(16-7-17-11)8-1-3-9(4-2-8)15-6-14-5-13/h1-4,6-7H,(H,14,15)(H,16,17). The van der Waals surface area contributed by atoms with Gasteiger partial charge in [-0.2, -0.15) is 5.26 Å². The highest BCUT2D eigenvalue weighted by molar-refractivity contribution is 9.10. The van der Waals surface area contributed by atoms with Crippen LogP contribution in [0.25, 0.3) is 11.3 Å². The van der Waals surface area contributed by atoms with E-state index in [1.54, 1.807) is 12.5 Å². The maximum atomic E-state index is 8.27. The van der Waals surface area contributed by atoms with Gasteiger partial charge in [0.1, 0.15) is 16.6 Å². The molecule has 0 aliphatic carbocycles. The fourth-order valence-electron chi connectivity index (χ4n) is 1.32. The van der Waals surface area contributed by atoms with Crippen LogP contribution in [-0.4, -0.2) is 16.3 Å². The van der Waals surface area contributed by atoms with Crippen molar-refractivity contribution in [3.8, 4) is 17.5 Å². The first kappa shape index (κ1) is 11.4. The van der Waals surface area contributed by atoms with E-state index in [1.165, 1.54) is 6.34 Å². The van der Waals surface area contributed by atoms with Crippen LogP contribution in [-0.2, 0) is 0 Å². The number of nitrogens with zero attached hydrogens (tertiary/aromatic N) is 3. The first-order chi connectivity index (χ1) is 8.31. The molecule has 2 rings (SSSR count). The zero-order chi connectivity index (χ0) is 12.1. The minimum atomic E-state index is 0.767. The zero-order valence-electron chi connectivity index (χ0n) is 8.68. The quantitative estimate of drug-likeness (QED) is 0.395. The van der Waals surface area contributed by atoms with Crippen LogP contribution in [0, 0.1) is 11.5 Å². The van der Waals surface area contributed by atoms with Crippen LogP contribution >= 0.6 is 15.9 Å². The molecule has 1 aromatic carbocycles. The molecule has 0 saturated heterocycles. The van der Waals surface area contributed by atoms with E-state index in [9.17, 15) is 0 Å². The van der Waals surface area contributed by atoms with Crippen molar-refractivity contribution < 1.29 is 0 Å². The van der Waals surface area contributed by atoms with Crippen molar-refractivity contribution in [3.05, 3.63) is 35.2 Å². The van der Waals surface area contributed by atoms with Crippen LogP contribution in [0.15, 0.2) is 40.2 Å². The Morgan fingerprint density at radius 1 is 1.41 bits per heavy atom. The lowest BCUT2D eigenvalue weighted by molar-refractivity contribution is 1.29. The van der Waals surface area contributed by atoms with Gasteiger partial charge in [-0.1, -0.05) is 12.1 Å². The second-order valence-electron chi connectivity index (χ2n) is 3.13. The summed E-state index contributed by atoms with van der Waals surface area (Å²) in [4.78, 5) is 11.2. The van der Waals surface area contributed by atoms with Crippen molar-refractivity contribution >= 4 is 28.0 Å². The topological polar surface area (TPSA) is 76.9 Å². The maximum absolute atomic E-state index is 8.27. The average Bonchev–Trinajstić information content (AvgIpc) is 2.77. The van der Waals surface area contributed by atoms with Crippen LogP contribution in [0.5, 0.6) is 0 Å². The maximum Gasteiger partial charge on any atom is 0.182 e. The van der Waals surface area contributed by atoms with Gasteiger partial charge in [0.25, 0.3) is 0 Å². The Bertz CT molecular complexity index is 564. The van der Waals surface area contributed by atoms with Crippen molar-refractivity contribution in [1.29, 1.82) is 5.26 Å². The molecule has 0 aliphatic heterocycles. The molecule has 0 unspecified atom stereocenters. The Morgan fingerprint density at radius 3 is 2.76 bits per heavy atom. The molecule has 0 aliphatic rings. The minimum Gasteiger partial charge on any atom is -0.339 e. The predicted octanol–water partition coefficient (Wildman–Crippen LogP) is 2.57. The van der Waals surface area contributed by atoms with Crippen LogP contribution in [0.4, 0.5) is 5.69 Å². The second-order valence-corrected chi connectivity index (χ2v) is 3.92. The molecule has 1 aromatic heterocycles. The van der Waals surface area contributed by atoms with E-state index in [4.69, 9.17) is 5.26 Å². The van der Waals surface area contributed by atoms with E-state index in [2.05, 4.69) is 36.2 Å². The molecule has 0 fully saturated rings. The smallest absolute Gasteiger partial charge is 0.182 e. The van der Waals surface area contributed by atoms with Gasteiger partial charge in [0.05, 0.1) is 12.0 Å². The number of hydrogen-bond donors (Lipinski definition) is 2. The van der Waals surface area contributed by atoms with E-state index in [0.717, 1.165) is 21.5 Å². The number of aliphatic imine (C=N–C) groups is 1. The summed E-state index contributed by atoms with van der Waals surface area (Å²) in [6, 6.07) is 7.54. The molecular formula is C11H8BrN5. The molecule has 0 spiro atoms. The SMILES string of the molecule is N#CNC=Nc1ccc(-c2nc[nH]c2Br)cc1. The number of aromatic amines is 1. The Balaban J connectivity index is 2.19. The highest BCUT2D eigenvalue weighted by atomic mass is 79.9. The fourth-order valence-corrected chi connectivity index (χ4v) is 1.75. The fraction of sp³-hybridized carbons (Fsp3) is 0. The number of hydrogen-bond acceptors (Lipinski definition) is 3. The normalized spacial score (nSPS) is 10.4. The number of nitrogens with one attached hydrogen (secondary N) is 2. The van der Waals surface area contributed by atoms with E-state index < -0.39 is 0 Å². The molecule has 0 saturated carbocycles. The summed E-state index contributed by atoms with van der Waals surface area (Å²) in [5.74, 6) is 0. The summed E-state index contributed by atoms with van der Waals surface area (Å²) in [7, 11) is 0. The molecule has 1 heterocycles. The van der Waals surface area contributed by atoms with Gasteiger partial charge in [-0.15, -0.1) is 0 Å². The lowest BCUT2D eigenvalue weighted by Crippen LogP contribution is -1.98. The number of aromatic nitrogens is 2. The third-order valence-corrected chi connectivity index (χ3v) is 2.68. The molecule has 6 heteroatoms. The van der Waals surface area contributed by atoms with Crippen molar-refractivity contribution in [2.45, 2.75) is 0 Å². The van der Waals surface area contributed by atoms with E-state index in [-0.39, 0.29) is 0 Å². The first-order valence-electron chi connectivity index (χ1n) is 4.77. The summed E-state index contributed by atoms with van der Waals surface area (Å²) >= 11 is 3.38. The van der Waals surface area contributed by atoms with Crippen LogP contribution in [0.2, 0.25) is 0 Å². The number of nitriles is 1. The molecule has 17 heavy (non-hydrogen) atoms. The Morgan fingerprint density at radius 2 is 2.18 bits per heavy atom. The van der Waals surface area contributed by atoms with E-state index in [1.807, 2.05) is 24.3 Å². The molecule has 5 nitrogen and oxygen atoms in total. The van der Waals surface area contributed by atoms with Gasteiger partial charge in [0.15, 0.2) is 6.19 Å². The van der Waals surface area contributed by atoms with Gasteiger partial charge < -0.3 is 4.98 Å².